The Kier molecular flexibility index (Phi) is 11.4. The van der Waals surface area contributed by atoms with Crippen LogP contribution in [0.25, 0.3) is 0 Å². The Morgan fingerprint density at radius 1 is 0.846 bits per heavy atom. The van der Waals surface area contributed by atoms with Crippen LogP contribution >= 0.6 is 22.6 Å². The van der Waals surface area contributed by atoms with Gasteiger partial charge in [-0.25, -0.2) is 0 Å². The fraction of sp³-hybridized carbons (Fsp3) is 1.00. The van der Waals surface area contributed by atoms with Crippen LogP contribution in [0.2, 0.25) is 0 Å². The summed E-state index contributed by atoms with van der Waals surface area (Å²) in [6, 6.07) is 0. The molecule has 1 atom stereocenters. The second-order valence-electron chi connectivity index (χ2n) is 3.92. The minimum absolute atomic E-state index is 0.924. The molecule has 0 bridgehead atoms. The average Bonchev–Trinajstić information content (AvgIpc) is 2.16. The summed E-state index contributed by atoms with van der Waals surface area (Å²) < 4.78 is 0.924. The van der Waals surface area contributed by atoms with Gasteiger partial charge in [-0.2, -0.15) is 0 Å². The third kappa shape index (κ3) is 10.7. The first-order valence-electron chi connectivity index (χ1n) is 5.95. The van der Waals surface area contributed by atoms with Gasteiger partial charge < -0.3 is 0 Å². The highest BCUT2D eigenvalue weighted by molar-refractivity contribution is 14.1. The number of alkyl halides is 1. The number of halogens is 1. The highest BCUT2D eigenvalue weighted by atomic mass is 127. The van der Waals surface area contributed by atoms with Gasteiger partial charge in [0.15, 0.2) is 0 Å². The van der Waals surface area contributed by atoms with E-state index in [9.17, 15) is 0 Å². The number of unbranched alkanes of at least 4 members (excludes halogenated alkanes) is 6. The fourth-order valence-corrected chi connectivity index (χ4v) is 1.97. The molecule has 0 aromatic heterocycles. The molecule has 0 spiro atoms. The van der Waals surface area contributed by atoms with Gasteiger partial charge in [0.2, 0.25) is 0 Å². The van der Waals surface area contributed by atoms with E-state index in [1.165, 1.54) is 57.8 Å². The van der Waals surface area contributed by atoms with Crippen molar-refractivity contribution in [3.8, 4) is 0 Å². The Morgan fingerprint density at radius 2 is 1.38 bits per heavy atom. The lowest BCUT2D eigenvalue weighted by Crippen LogP contribution is -1.94. The van der Waals surface area contributed by atoms with Crippen molar-refractivity contribution in [3.05, 3.63) is 0 Å². The van der Waals surface area contributed by atoms with Crippen LogP contribution in [-0.4, -0.2) is 3.92 Å². The van der Waals surface area contributed by atoms with E-state index in [0.717, 1.165) is 3.92 Å². The molecule has 1 unspecified atom stereocenters. The molecule has 0 saturated heterocycles. The Balaban J connectivity index is 2.91. The first-order valence-corrected chi connectivity index (χ1v) is 7.19. The summed E-state index contributed by atoms with van der Waals surface area (Å²) >= 11 is 2.58. The van der Waals surface area contributed by atoms with Gasteiger partial charge in [0.05, 0.1) is 0 Å². The van der Waals surface area contributed by atoms with Gasteiger partial charge in [0, 0.05) is 3.92 Å². The molecule has 0 aliphatic carbocycles. The molecule has 13 heavy (non-hydrogen) atoms. The number of hydrogen-bond acceptors (Lipinski definition) is 0. The summed E-state index contributed by atoms with van der Waals surface area (Å²) in [5.74, 6) is 0. The predicted molar refractivity (Wildman–Crippen MR) is 70.7 cm³/mol. The molecule has 0 aliphatic rings. The van der Waals surface area contributed by atoms with E-state index in [1.807, 2.05) is 0 Å². The van der Waals surface area contributed by atoms with Crippen molar-refractivity contribution in [1.29, 1.82) is 0 Å². The maximum Gasteiger partial charge on any atom is 0.0107 e. The van der Waals surface area contributed by atoms with Crippen LogP contribution in [0, 0.1) is 0 Å². The monoisotopic (exact) mass is 296 g/mol. The minimum Gasteiger partial charge on any atom is -0.0826 e. The molecule has 0 aromatic carbocycles. The van der Waals surface area contributed by atoms with E-state index in [4.69, 9.17) is 0 Å². The van der Waals surface area contributed by atoms with Crippen molar-refractivity contribution in [2.75, 3.05) is 0 Å². The molecular formula is C12H25I. The van der Waals surface area contributed by atoms with Crippen LogP contribution < -0.4 is 0 Å². The molecule has 0 heterocycles. The molecule has 0 amide bonds. The standard InChI is InChI=1S/C12H25I/c1-3-5-6-7-8-9-10-11-12(13)4-2/h12H,3-11H2,1-2H3. The maximum atomic E-state index is 2.58. The van der Waals surface area contributed by atoms with E-state index in [0.29, 0.717) is 0 Å². The molecule has 80 valence electrons. The molecule has 0 rings (SSSR count). The van der Waals surface area contributed by atoms with E-state index < -0.39 is 0 Å². The third-order valence-corrected chi connectivity index (χ3v) is 4.07. The van der Waals surface area contributed by atoms with E-state index in [-0.39, 0.29) is 0 Å². The van der Waals surface area contributed by atoms with Crippen LogP contribution in [0.1, 0.15) is 71.6 Å². The minimum atomic E-state index is 0.924. The summed E-state index contributed by atoms with van der Waals surface area (Å²) in [4.78, 5) is 0. The zero-order chi connectivity index (χ0) is 9.94. The van der Waals surface area contributed by atoms with Gasteiger partial charge in [-0.05, 0) is 12.8 Å². The quantitative estimate of drug-likeness (QED) is 0.306. The predicted octanol–water partition coefficient (Wildman–Crippen LogP) is 5.34. The van der Waals surface area contributed by atoms with Gasteiger partial charge in [0.25, 0.3) is 0 Å². The smallest absolute Gasteiger partial charge is 0.0107 e. The third-order valence-electron chi connectivity index (χ3n) is 2.56. The van der Waals surface area contributed by atoms with Gasteiger partial charge in [-0.3, -0.25) is 0 Å². The first kappa shape index (κ1) is 13.7. The summed E-state index contributed by atoms with van der Waals surface area (Å²) in [6.07, 6.45) is 12.9. The largest absolute Gasteiger partial charge is 0.0826 e. The van der Waals surface area contributed by atoms with E-state index >= 15 is 0 Å². The molecule has 0 aromatic rings. The summed E-state index contributed by atoms with van der Waals surface area (Å²) in [7, 11) is 0. The highest BCUT2D eigenvalue weighted by Crippen LogP contribution is 2.15. The van der Waals surface area contributed by atoms with Gasteiger partial charge in [-0.15, -0.1) is 0 Å². The summed E-state index contributed by atoms with van der Waals surface area (Å²) in [6.45, 7) is 4.57. The summed E-state index contributed by atoms with van der Waals surface area (Å²) in [5, 5.41) is 0. The molecule has 1 heteroatoms. The molecule has 0 nitrogen and oxygen atoms in total. The molecule has 0 fully saturated rings. The van der Waals surface area contributed by atoms with Gasteiger partial charge >= 0.3 is 0 Å². The Hall–Kier alpha value is 0.730. The fourth-order valence-electron chi connectivity index (χ4n) is 1.53. The lowest BCUT2D eigenvalue weighted by molar-refractivity contribution is 0.571. The van der Waals surface area contributed by atoms with E-state index in [2.05, 4.69) is 36.4 Å². The van der Waals surface area contributed by atoms with Crippen molar-refractivity contribution in [3.63, 3.8) is 0 Å². The molecule has 0 aliphatic heterocycles. The Morgan fingerprint density at radius 3 is 1.92 bits per heavy atom. The molecule has 0 saturated carbocycles. The number of hydrogen-bond donors (Lipinski definition) is 0. The maximum absolute atomic E-state index is 2.58. The van der Waals surface area contributed by atoms with Crippen molar-refractivity contribution >= 4 is 22.6 Å². The number of rotatable bonds is 9. The van der Waals surface area contributed by atoms with Crippen LogP contribution in [0.15, 0.2) is 0 Å². The summed E-state index contributed by atoms with van der Waals surface area (Å²) in [5.41, 5.74) is 0. The Bertz CT molecular complexity index is 91.1. The molecule has 0 N–H and O–H groups in total. The Labute approximate surface area is 98.0 Å². The van der Waals surface area contributed by atoms with Crippen molar-refractivity contribution in [2.45, 2.75) is 75.6 Å². The van der Waals surface area contributed by atoms with Crippen LogP contribution in [-0.2, 0) is 0 Å². The second-order valence-corrected chi connectivity index (χ2v) is 5.68. The van der Waals surface area contributed by atoms with Gasteiger partial charge in [-0.1, -0.05) is 81.4 Å². The van der Waals surface area contributed by atoms with Crippen LogP contribution in [0.5, 0.6) is 0 Å². The van der Waals surface area contributed by atoms with Crippen molar-refractivity contribution in [2.24, 2.45) is 0 Å². The molecular weight excluding hydrogens is 271 g/mol. The zero-order valence-electron chi connectivity index (χ0n) is 9.32. The zero-order valence-corrected chi connectivity index (χ0v) is 11.5. The van der Waals surface area contributed by atoms with Crippen molar-refractivity contribution < 1.29 is 0 Å². The topological polar surface area (TPSA) is 0 Å². The first-order chi connectivity index (χ1) is 6.31. The SMILES string of the molecule is CCCCCCCCCC(I)CC. The normalized spacial score (nSPS) is 13.2. The van der Waals surface area contributed by atoms with Gasteiger partial charge in [0.1, 0.15) is 0 Å². The van der Waals surface area contributed by atoms with E-state index in [1.54, 1.807) is 0 Å². The lowest BCUT2D eigenvalue weighted by Gasteiger charge is -2.05. The van der Waals surface area contributed by atoms with Crippen molar-refractivity contribution in [1.82, 2.24) is 0 Å². The van der Waals surface area contributed by atoms with Crippen LogP contribution in [0.4, 0.5) is 0 Å². The highest BCUT2D eigenvalue weighted by Gasteiger charge is 1.99. The van der Waals surface area contributed by atoms with Crippen LogP contribution in [0.3, 0.4) is 0 Å². The lowest BCUT2D eigenvalue weighted by atomic mass is 10.1. The average molecular weight is 296 g/mol. The molecule has 0 radical (unpaired) electrons. The second kappa shape index (κ2) is 10.8.